The molecule has 0 saturated carbocycles. The van der Waals surface area contributed by atoms with Crippen molar-refractivity contribution in [2.45, 2.75) is 13.0 Å². The lowest BCUT2D eigenvalue weighted by atomic mass is 10.1. The van der Waals surface area contributed by atoms with Crippen molar-refractivity contribution >= 4 is 0 Å². The van der Waals surface area contributed by atoms with Gasteiger partial charge in [0, 0.05) is 13.1 Å². The van der Waals surface area contributed by atoms with Crippen molar-refractivity contribution in [3.8, 4) is 6.07 Å². The van der Waals surface area contributed by atoms with E-state index in [-0.39, 0.29) is 12.0 Å². The normalized spacial score (nSPS) is 14.9. The highest BCUT2D eigenvalue weighted by atomic mass is 16.3. The van der Waals surface area contributed by atoms with Crippen LogP contribution in [0.3, 0.4) is 0 Å². The summed E-state index contributed by atoms with van der Waals surface area (Å²) in [5.74, 6) is 0.851. The van der Waals surface area contributed by atoms with Gasteiger partial charge in [-0.15, -0.1) is 0 Å². The Hall–Kier alpha value is -1.31. The molecule has 15 heavy (non-hydrogen) atoms. The summed E-state index contributed by atoms with van der Waals surface area (Å²) in [6.07, 6.45) is 1.64. The average molecular weight is 207 g/mol. The zero-order chi connectivity index (χ0) is 11.3. The van der Waals surface area contributed by atoms with Gasteiger partial charge in [0.15, 0.2) is 0 Å². The molecule has 1 heterocycles. The van der Waals surface area contributed by atoms with Crippen LogP contribution in [-0.4, -0.2) is 25.0 Å². The Morgan fingerprint density at radius 1 is 1.67 bits per heavy atom. The summed E-state index contributed by atoms with van der Waals surface area (Å²) in [6.45, 7) is 3.08. The number of hydrogen-bond donors (Lipinski definition) is 1. The fourth-order valence-corrected chi connectivity index (χ4v) is 1.59. The lowest BCUT2D eigenvalue weighted by Gasteiger charge is -2.25. The Bertz CT molecular complexity index is 315. The summed E-state index contributed by atoms with van der Waals surface area (Å²) in [5.41, 5.74) is 5.70. The molecule has 2 unspecified atom stereocenters. The monoisotopic (exact) mass is 207 g/mol. The molecule has 2 atom stereocenters. The quantitative estimate of drug-likeness (QED) is 0.792. The molecule has 0 aliphatic heterocycles. The van der Waals surface area contributed by atoms with E-state index in [9.17, 15) is 0 Å². The molecule has 0 aliphatic rings. The lowest BCUT2D eigenvalue weighted by molar-refractivity contribution is 0.207. The first-order chi connectivity index (χ1) is 7.19. The molecule has 0 amide bonds. The smallest absolute Gasteiger partial charge is 0.122 e. The third-order valence-corrected chi connectivity index (χ3v) is 2.41. The average Bonchev–Trinajstić information content (AvgIpc) is 2.72. The van der Waals surface area contributed by atoms with Crippen molar-refractivity contribution in [3.63, 3.8) is 0 Å². The lowest BCUT2D eigenvalue weighted by Crippen LogP contribution is -2.33. The highest BCUT2D eigenvalue weighted by Crippen LogP contribution is 2.19. The van der Waals surface area contributed by atoms with Crippen LogP contribution in [0.15, 0.2) is 22.8 Å². The number of hydrogen-bond acceptors (Lipinski definition) is 4. The molecular weight excluding hydrogens is 190 g/mol. The number of furan rings is 1. The van der Waals surface area contributed by atoms with Crippen molar-refractivity contribution < 1.29 is 4.42 Å². The molecule has 0 spiro atoms. The molecule has 2 N–H and O–H groups in total. The zero-order valence-corrected chi connectivity index (χ0v) is 9.18. The minimum Gasteiger partial charge on any atom is -0.468 e. The van der Waals surface area contributed by atoms with Crippen molar-refractivity contribution in [2.75, 3.05) is 20.1 Å². The first kappa shape index (κ1) is 11.8. The molecule has 0 fully saturated rings. The molecule has 0 bridgehead atoms. The summed E-state index contributed by atoms with van der Waals surface area (Å²) >= 11 is 0. The number of nitriles is 1. The summed E-state index contributed by atoms with van der Waals surface area (Å²) in [6, 6.07) is 6.01. The number of rotatable bonds is 5. The minimum absolute atomic E-state index is 0.000915. The van der Waals surface area contributed by atoms with Crippen LogP contribution >= 0.6 is 0 Å². The van der Waals surface area contributed by atoms with E-state index in [0.29, 0.717) is 13.1 Å². The largest absolute Gasteiger partial charge is 0.468 e. The van der Waals surface area contributed by atoms with Crippen molar-refractivity contribution in [1.29, 1.82) is 5.26 Å². The van der Waals surface area contributed by atoms with Crippen LogP contribution in [0.2, 0.25) is 0 Å². The standard InChI is InChI=1S/C11H17N3O/c1-9(6-12)8-14(2)10(7-13)11-4-3-5-15-11/h3-5,9-10H,7-8,13H2,1-2H3. The summed E-state index contributed by atoms with van der Waals surface area (Å²) in [7, 11) is 1.95. The maximum absolute atomic E-state index is 8.74. The van der Waals surface area contributed by atoms with Crippen LogP contribution in [0, 0.1) is 17.2 Å². The molecule has 0 aromatic carbocycles. The number of nitrogens with zero attached hydrogens (tertiary/aromatic N) is 2. The van der Waals surface area contributed by atoms with E-state index in [4.69, 9.17) is 15.4 Å². The first-order valence-electron chi connectivity index (χ1n) is 5.02. The molecule has 0 radical (unpaired) electrons. The summed E-state index contributed by atoms with van der Waals surface area (Å²) in [5, 5.41) is 8.74. The van der Waals surface area contributed by atoms with Crippen LogP contribution in [0.1, 0.15) is 18.7 Å². The number of likely N-dealkylation sites (N-methyl/N-ethyl adjacent to an activating group) is 1. The summed E-state index contributed by atoms with van der Waals surface area (Å²) < 4.78 is 5.32. The van der Waals surface area contributed by atoms with E-state index < -0.39 is 0 Å². The van der Waals surface area contributed by atoms with Gasteiger partial charge in [0.1, 0.15) is 5.76 Å². The van der Waals surface area contributed by atoms with Crippen LogP contribution in [0.5, 0.6) is 0 Å². The molecule has 82 valence electrons. The Balaban J connectivity index is 2.64. The van der Waals surface area contributed by atoms with Gasteiger partial charge < -0.3 is 10.2 Å². The SMILES string of the molecule is CC(C#N)CN(C)C(CN)c1ccco1. The highest BCUT2D eigenvalue weighted by molar-refractivity contribution is 5.05. The molecular formula is C11H17N3O. The van der Waals surface area contributed by atoms with Crippen molar-refractivity contribution in [1.82, 2.24) is 4.90 Å². The van der Waals surface area contributed by atoms with Crippen LogP contribution in [-0.2, 0) is 0 Å². The Morgan fingerprint density at radius 3 is 2.87 bits per heavy atom. The predicted octanol–water partition coefficient (Wildman–Crippen LogP) is 1.37. The van der Waals surface area contributed by atoms with Crippen LogP contribution in [0.4, 0.5) is 0 Å². The van der Waals surface area contributed by atoms with Gasteiger partial charge in [0.25, 0.3) is 0 Å². The maximum Gasteiger partial charge on any atom is 0.122 e. The second-order valence-electron chi connectivity index (χ2n) is 3.74. The van der Waals surface area contributed by atoms with Gasteiger partial charge in [-0.05, 0) is 26.1 Å². The fraction of sp³-hybridized carbons (Fsp3) is 0.545. The number of nitrogens with two attached hydrogens (primary N) is 1. The van der Waals surface area contributed by atoms with E-state index in [1.807, 2.05) is 31.0 Å². The Morgan fingerprint density at radius 2 is 2.40 bits per heavy atom. The van der Waals surface area contributed by atoms with Gasteiger partial charge >= 0.3 is 0 Å². The summed E-state index contributed by atoms with van der Waals surface area (Å²) in [4.78, 5) is 2.05. The van der Waals surface area contributed by atoms with Gasteiger partial charge in [-0.1, -0.05) is 0 Å². The Labute approximate surface area is 90.3 Å². The van der Waals surface area contributed by atoms with E-state index in [0.717, 1.165) is 5.76 Å². The molecule has 1 aromatic rings. The van der Waals surface area contributed by atoms with Gasteiger partial charge in [0.2, 0.25) is 0 Å². The second kappa shape index (κ2) is 5.54. The fourth-order valence-electron chi connectivity index (χ4n) is 1.59. The first-order valence-corrected chi connectivity index (χ1v) is 5.02. The maximum atomic E-state index is 8.74. The van der Waals surface area contributed by atoms with Crippen molar-refractivity contribution in [2.24, 2.45) is 11.7 Å². The van der Waals surface area contributed by atoms with Gasteiger partial charge in [-0.3, -0.25) is 4.90 Å². The van der Waals surface area contributed by atoms with E-state index in [2.05, 4.69) is 6.07 Å². The Kier molecular flexibility index (Phi) is 4.35. The molecule has 1 rings (SSSR count). The van der Waals surface area contributed by atoms with Crippen LogP contribution in [0.25, 0.3) is 0 Å². The van der Waals surface area contributed by atoms with E-state index >= 15 is 0 Å². The third kappa shape index (κ3) is 3.08. The molecule has 1 aromatic heterocycles. The molecule has 0 saturated heterocycles. The highest BCUT2D eigenvalue weighted by Gasteiger charge is 2.19. The van der Waals surface area contributed by atoms with Crippen LogP contribution < -0.4 is 5.73 Å². The van der Waals surface area contributed by atoms with Gasteiger partial charge in [-0.2, -0.15) is 5.26 Å². The predicted molar refractivity (Wildman–Crippen MR) is 57.9 cm³/mol. The third-order valence-electron chi connectivity index (χ3n) is 2.41. The van der Waals surface area contributed by atoms with Gasteiger partial charge in [-0.25, -0.2) is 0 Å². The zero-order valence-electron chi connectivity index (χ0n) is 9.18. The molecule has 0 aliphatic carbocycles. The molecule has 4 heteroatoms. The molecule has 4 nitrogen and oxygen atoms in total. The van der Waals surface area contributed by atoms with Crippen molar-refractivity contribution in [3.05, 3.63) is 24.2 Å². The van der Waals surface area contributed by atoms with E-state index in [1.54, 1.807) is 6.26 Å². The van der Waals surface area contributed by atoms with Gasteiger partial charge in [0.05, 0.1) is 24.3 Å². The minimum atomic E-state index is -0.000915. The van der Waals surface area contributed by atoms with E-state index in [1.165, 1.54) is 0 Å². The topological polar surface area (TPSA) is 66.2 Å². The second-order valence-corrected chi connectivity index (χ2v) is 3.74.